The molecule has 0 amide bonds. The monoisotopic (exact) mass is 565 g/mol. The number of rotatable bonds is 6. The van der Waals surface area contributed by atoms with Crippen molar-refractivity contribution in [2.24, 2.45) is 11.8 Å². The number of aromatic nitrogens is 3. The van der Waals surface area contributed by atoms with Gasteiger partial charge in [0.25, 0.3) is 0 Å². The van der Waals surface area contributed by atoms with Crippen LogP contribution in [0.15, 0.2) is 52.9 Å². The normalized spacial score (nSPS) is 19.4. The molecular weight excluding hydrogens is 535 g/mol. The molecule has 0 radical (unpaired) electrons. The zero-order valence-corrected chi connectivity index (χ0v) is 23.0. The van der Waals surface area contributed by atoms with Crippen LogP contribution in [0, 0.1) is 23.2 Å². The van der Waals surface area contributed by atoms with Crippen molar-refractivity contribution in [3.63, 3.8) is 0 Å². The summed E-state index contributed by atoms with van der Waals surface area (Å²) in [4.78, 5) is 20.3. The van der Waals surface area contributed by atoms with Crippen molar-refractivity contribution < 1.29 is 13.2 Å². The Morgan fingerprint density at radius 3 is 2.67 bits per heavy atom. The molecule has 1 saturated carbocycles. The summed E-state index contributed by atoms with van der Waals surface area (Å²) < 4.78 is 45.2. The van der Waals surface area contributed by atoms with Gasteiger partial charge in [0.15, 0.2) is 5.69 Å². The van der Waals surface area contributed by atoms with Gasteiger partial charge >= 0.3 is 11.9 Å². The summed E-state index contributed by atoms with van der Waals surface area (Å²) >= 11 is 1.45. The van der Waals surface area contributed by atoms with Crippen molar-refractivity contribution in [2.45, 2.75) is 57.7 Å². The maximum atomic E-state index is 14.2. The Bertz CT molecular complexity index is 1640. The smallest absolute Gasteiger partial charge is 0.299 e. The summed E-state index contributed by atoms with van der Waals surface area (Å²) in [5, 5.41) is 11.9. The fourth-order valence-electron chi connectivity index (χ4n) is 6.17. The lowest BCUT2D eigenvalue weighted by Crippen LogP contribution is -2.34. The van der Waals surface area contributed by atoms with E-state index in [2.05, 4.69) is 22.9 Å². The molecule has 4 heterocycles. The van der Waals surface area contributed by atoms with Gasteiger partial charge in [0.05, 0.1) is 16.8 Å². The molecule has 1 saturated heterocycles. The van der Waals surface area contributed by atoms with E-state index in [-0.39, 0.29) is 11.4 Å². The summed E-state index contributed by atoms with van der Waals surface area (Å²) in [6.45, 7) is 4.20. The average Bonchev–Trinajstić information content (AvgIpc) is 3.50. The summed E-state index contributed by atoms with van der Waals surface area (Å²) in [6.07, 6.45) is 3.60. The summed E-state index contributed by atoms with van der Waals surface area (Å²) in [6, 6.07) is 10.7. The number of imidazole rings is 1. The zero-order valence-electron chi connectivity index (χ0n) is 22.2. The van der Waals surface area contributed by atoms with E-state index in [9.17, 15) is 23.2 Å². The van der Waals surface area contributed by atoms with Gasteiger partial charge in [-0.3, -0.25) is 13.9 Å². The lowest BCUT2D eigenvalue weighted by molar-refractivity contribution is -0.136. The van der Waals surface area contributed by atoms with Crippen molar-refractivity contribution in [1.82, 2.24) is 18.9 Å². The van der Waals surface area contributed by atoms with Crippen LogP contribution in [0.4, 0.5) is 13.2 Å². The maximum absolute atomic E-state index is 14.2. The second-order valence-electron chi connectivity index (χ2n) is 11.2. The predicted molar refractivity (Wildman–Crippen MR) is 148 cm³/mol. The molecule has 1 aromatic carbocycles. The average molecular weight is 566 g/mol. The molecule has 2 aliphatic rings. The molecule has 0 N–H and O–H groups in total. The first kappa shape index (κ1) is 26.8. The fraction of sp³-hybridized carbons (Fsp3) is 0.433. The number of pyridine rings is 1. The van der Waals surface area contributed by atoms with Gasteiger partial charge in [-0.05, 0) is 73.4 Å². The highest BCUT2D eigenvalue weighted by Crippen LogP contribution is 2.44. The minimum Gasteiger partial charge on any atom is -0.299 e. The van der Waals surface area contributed by atoms with E-state index >= 15 is 0 Å². The van der Waals surface area contributed by atoms with E-state index < -0.39 is 17.4 Å². The molecule has 0 bridgehead atoms. The topological polar surface area (TPSA) is 66.3 Å². The number of likely N-dealkylation sites (tertiary alicyclic amines) is 1. The second kappa shape index (κ2) is 10.5. The molecule has 0 unspecified atom stereocenters. The summed E-state index contributed by atoms with van der Waals surface area (Å²) in [5.74, 6) is 0.836. The third kappa shape index (κ3) is 5.08. The predicted octanol–water partition coefficient (Wildman–Crippen LogP) is 6.60. The molecule has 2 atom stereocenters. The molecular formula is C30H30F3N5OS. The Hall–Kier alpha value is -3.42. The number of piperidine rings is 1. The van der Waals surface area contributed by atoms with Crippen molar-refractivity contribution in [1.29, 1.82) is 5.26 Å². The SMILES string of the molecule is C[C@H]1CCCN(Cc2cc(C(F)(F)F)c3cn(-c4cccc([C@H](c5nc(C#N)cs5)C5CCC5)c4)c(=O)n3c2)C1. The highest BCUT2D eigenvalue weighted by Gasteiger charge is 2.35. The fourth-order valence-corrected chi connectivity index (χ4v) is 7.14. The highest BCUT2D eigenvalue weighted by atomic mass is 32.1. The molecule has 4 aromatic rings. The molecule has 6 nitrogen and oxygen atoms in total. The van der Waals surface area contributed by atoms with E-state index in [1.165, 1.54) is 28.2 Å². The Morgan fingerprint density at radius 2 is 2.00 bits per heavy atom. The minimum absolute atomic E-state index is 0.0298. The van der Waals surface area contributed by atoms with E-state index in [1.54, 1.807) is 17.6 Å². The number of nitrogens with zero attached hydrogens (tertiary/aromatic N) is 5. The van der Waals surface area contributed by atoms with Gasteiger partial charge in [-0.1, -0.05) is 25.5 Å². The number of nitriles is 1. The largest absolute Gasteiger partial charge is 0.418 e. The third-order valence-electron chi connectivity index (χ3n) is 8.31. The summed E-state index contributed by atoms with van der Waals surface area (Å²) in [5.41, 5.74) is 0.808. The van der Waals surface area contributed by atoms with Crippen molar-refractivity contribution in [3.05, 3.63) is 86.0 Å². The Morgan fingerprint density at radius 1 is 1.18 bits per heavy atom. The number of hydrogen-bond acceptors (Lipinski definition) is 5. The highest BCUT2D eigenvalue weighted by molar-refractivity contribution is 7.09. The van der Waals surface area contributed by atoms with Crippen LogP contribution in [-0.2, 0) is 12.7 Å². The number of alkyl halides is 3. The van der Waals surface area contributed by atoms with Gasteiger partial charge in [-0.25, -0.2) is 9.78 Å². The van der Waals surface area contributed by atoms with Crippen LogP contribution in [0.2, 0.25) is 0 Å². The second-order valence-corrected chi connectivity index (χ2v) is 12.1. The van der Waals surface area contributed by atoms with Crippen LogP contribution in [-0.4, -0.2) is 31.9 Å². The van der Waals surface area contributed by atoms with Gasteiger partial charge in [0.2, 0.25) is 0 Å². The van der Waals surface area contributed by atoms with E-state index in [1.807, 2.05) is 18.2 Å². The lowest BCUT2D eigenvalue weighted by atomic mass is 9.73. The first-order valence-corrected chi connectivity index (χ1v) is 14.6. The van der Waals surface area contributed by atoms with Crippen LogP contribution in [0.5, 0.6) is 0 Å². The van der Waals surface area contributed by atoms with E-state index in [0.29, 0.717) is 35.3 Å². The van der Waals surface area contributed by atoms with Gasteiger partial charge < -0.3 is 0 Å². The maximum Gasteiger partial charge on any atom is 0.418 e. The van der Waals surface area contributed by atoms with Crippen molar-refractivity contribution in [3.8, 4) is 11.8 Å². The lowest BCUT2D eigenvalue weighted by Gasteiger charge is -2.33. The van der Waals surface area contributed by atoms with Crippen LogP contribution >= 0.6 is 11.3 Å². The Labute approximate surface area is 234 Å². The number of thiazole rings is 1. The number of halogens is 3. The molecule has 2 fully saturated rings. The molecule has 10 heteroatoms. The third-order valence-corrected chi connectivity index (χ3v) is 9.24. The molecule has 3 aromatic heterocycles. The summed E-state index contributed by atoms with van der Waals surface area (Å²) in [7, 11) is 0. The van der Waals surface area contributed by atoms with E-state index in [0.717, 1.165) is 60.2 Å². The van der Waals surface area contributed by atoms with Gasteiger partial charge in [-0.2, -0.15) is 18.4 Å². The minimum atomic E-state index is -4.60. The van der Waals surface area contributed by atoms with Crippen molar-refractivity contribution in [2.75, 3.05) is 13.1 Å². The quantitative estimate of drug-likeness (QED) is 0.264. The van der Waals surface area contributed by atoms with Crippen molar-refractivity contribution >= 4 is 16.9 Å². The number of fused-ring (bicyclic) bond motifs is 1. The number of benzene rings is 1. The van der Waals surface area contributed by atoms with Crippen LogP contribution < -0.4 is 5.69 Å². The Balaban J connectivity index is 1.41. The van der Waals surface area contributed by atoms with Crippen LogP contribution in [0.1, 0.15) is 72.3 Å². The van der Waals surface area contributed by atoms with Crippen LogP contribution in [0.25, 0.3) is 11.2 Å². The number of hydrogen-bond donors (Lipinski definition) is 0. The molecule has 6 rings (SSSR count). The first-order chi connectivity index (χ1) is 19.2. The first-order valence-electron chi connectivity index (χ1n) is 13.7. The molecule has 40 heavy (non-hydrogen) atoms. The Kier molecular flexibility index (Phi) is 7.05. The van der Waals surface area contributed by atoms with Gasteiger partial charge in [-0.15, -0.1) is 11.3 Å². The molecule has 1 aliphatic carbocycles. The zero-order chi connectivity index (χ0) is 28.0. The molecule has 208 valence electrons. The van der Waals surface area contributed by atoms with E-state index in [4.69, 9.17) is 0 Å². The molecule has 0 spiro atoms. The molecule has 1 aliphatic heterocycles. The van der Waals surface area contributed by atoms with Gasteiger partial charge in [0, 0.05) is 36.8 Å². The van der Waals surface area contributed by atoms with Gasteiger partial charge in [0.1, 0.15) is 11.1 Å². The standard InChI is InChI=1S/C30H30F3N5OS/c1-19-5-4-10-36(14-19)15-20-11-25(30(31,32)33)26-17-37(29(39)38(26)16-20)24-9-3-8-22(12-24)27(21-6-2-7-21)28-35-23(13-34)18-40-28/h3,8-9,11-12,16-19,21,27H,2,4-7,10,14-15H2,1H3/t19-,27+/m0/s1. The van der Waals surface area contributed by atoms with Crippen LogP contribution in [0.3, 0.4) is 0 Å².